The van der Waals surface area contributed by atoms with E-state index in [0.717, 1.165) is 44.6 Å². The van der Waals surface area contributed by atoms with Crippen molar-refractivity contribution in [1.29, 1.82) is 0 Å². The molecule has 0 atom stereocenters. The highest BCUT2D eigenvalue weighted by Gasteiger charge is 2.46. The van der Waals surface area contributed by atoms with E-state index >= 15 is 0 Å². The predicted molar refractivity (Wildman–Crippen MR) is 117 cm³/mol. The molecule has 0 bridgehead atoms. The number of nitrogens with one attached hydrogen (secondary N) is 1. The van der Waals surface area contributed by atoms with Crippen LogP contribution in [0.5, 0.6) is 0 Å². The zero-order valence-electron chi connectivity index (χ0n) is 16.3. The summed E-state index contributed by atoms with van der Waals surface area (Å²) in [5.74, 6) is 0.170. The molecule has 0 saturated carbocycles. The van der Waals surface area contributed by atoms with Gasteiger partial charge in [-0.25, -0.2) is 0 Å². The van der Waals surface area contributed by atoms with E-state index in [-0.39, 0.29) is 18.3 Å². The smallest absolute Gasteiger partial charge is 0.255 e. The number of benzene rings is 2. The molecule has 150 valence electrons. The highest BCUT2D eigenvalue weighted by atomic mass is 35.5. The van der Waals surface area contributed by atoms with E-state index in [9.17, 15) is 4.79 Å². The number of piperidine rings is 1. The summed E-state index contributed by atoms with van der Waals surface area (Å²) in [6.45, 7) is 2.40. The van der Waals surface area contributed by atoms with E-state index < -0.39 is 5.54 Å². The average Bonchev–Trinajstić information content (AvgIpc) is 3.44. The molecule has 2 aliphatic rings. The first-order valence-corrected chi connectivity index (χ1v) is 9.99. The average molecular weight is 409 g/mol. The molecule has 0 spiro atoms. The molecule has 1 N–H and O–H groups in total. The summed E-state index contributed by atoms with van der Waals surface area (Å²) >= 11 is 0. The van der Waals surface area contributed by atoms with Crippen LogP contribution in [0, 0.1) is 0 Å². The summed E-state index contributed by atoms with van der Waals surface area (Å²) < 4.78 is 1.88. The zero-order valence-corrected chi connectivity index (χ0v) is 17.1. The van der Waals surface area contributed by atoms with E-state index in [1.807, 2.05) is 27.9 Å². The fourth-order valence-corrected chi connectivity index (χ4v) is 4.58. The molecule has 3 aromatic rings. The Hall–Kier alpha value is -2.63. The number of aromatic nitrogens is 2. The number of anilines is 1. The minimum Gasteiger partial charge on any atom is -0.317 e. The van der Waals surface area contributed by atoms with Gasteiger partial charge in [0.05, 0.1) is 0 Å². The van der Waals surface area contributed by atoms with Crippen LogP contribution in [0.2, 0.25) is 0 Å². The van der Waals surface area contributed by atoms with Gasteiger partial charge in [0.2, 0.25) is 0 Å². The Morgan fingerprint density at radius 2 is 1.79 bits per heavy atom. The van der Waals surface area contributed by atoms with Crippen molar-refractivity contribution in [2.75, 3.05) is 24.5 Å². The van der Waals surface area contributed by atoms with Gasteiger partial charge in [0.15, 0.2) is 0 Å². The molecule has 1 fully saturated rings. The number of nitrogens with zero attached hydrogens (tertiary/aromatic N) is 3. The van der Waals surface area contributed by atoms with Crippen molar-refractivity contribution in [2.45, 2.75) is 24.8 Å². The lowest BCUT2D eigenvalue weighted by atomic mass is 9.86. The number of hydrogen-bond donors (Lipinski definition) is 1. The van der Waals surface area contributed by atoms with Gasteiger partial charge in [0.1, 0.15) is 5.54 Å². The monoisotopic (exact) mass is 408 g/mol. The second-order valence-corrected chi connectivity index (χ2v) is 7.65. The molecule has 6 heteroatoms. The molecule has 0 radical (unpaired) electrons. The van der Waals surface area contributed by atoms with E-state index in [2.05, 4.69) is 52.9 Å². The van der Waals surface area contributed by atoms with E-state index in [1.165, 1.54) is 16.7 Å². The summed E-state index contributed by atoms with van der Waals surface area (Å²) in [5.41, 5.74) is 4.13. The lowest BCUT2D eigenvalue weighted by Crippen LogP contribution is -2.55. The molecule has 29 heavy (non-hydrogen) atoms. The van der Waals surface area contributed by atoms with Crippen LogP contribution in [0.1, 0.15) is 18.4 Å². The lowest BCUT2D eigenvalue weighted by molar-refractivity contribution is -0.129. The Morgan fingerprint density at radius 3 is 2.52 bits per heavy atom. The normalized spacial score (nSPS) is 17.4. The summed E-state index contributed by atoms with van der Waals surface area (Å²) in [5, 5.41) is 7.84. The van der Waals surface area contributed by atoms with E-state index in [1.54, 1.807) is 6.20 Å². The van der Waals surface area contributed by atoms with Crippen molar-refractivity contribution in [2.24, 2.45) is 0 Å². The number of carbonyl (C=O) groups is 1. The van der Waals surface area contributed by atoms with Crippen molar-refractivity contribution >= 4 is 24.0 Å². The molecule has 1 aromatic heterocycles. The zero-order chi connectivity index (χ0) is 19.0. The maximum atomic E-state index is 13.8. The Bertz CT molecular complexity index is 981. The van der Waals surface area contributed by atoms with Gasteiger partial charge in [-0.1, -0.05) is 36.4 Å². The first-order valence-electron chi connectivity index (χ1n) is 9.99. The number of carbonyl (C=O) groups excluding carboxylic acids is 1. The number of amides is 1. The number of rotatable bonds is 3. The summed E-state index contributed by atoms with van der Waals surface area (Å²) in [4.78, 5) is 15.8. The van der Waals surface area contributed by atoms with Gasteiger partial charge in [-0.2, -0.15) is 5.10 Å². The van der Waals surface area contributed by atoms with Gasteiger partial charge in [-0.3, -0.25) is 9.48 Å². The minimum atomic E-state index is -0.589. The Balaban J connectivity index is 0.00000205. The molecule has 3 heterocycles. The number of halogens is 1. The Labute approximate surface area is 177 Å². The van der Waals surface area contributed by atoms with Crippen molar-refractivity contribution < 1.29 is 4.79 Å². The number of fused-ring (bicyclic) bond motifs is 1. The molecular formula is C23H25ClN4O. The first-order chi connectivity index (χ1) is 13.8. The molecule has 2 aliphatic heterocycles. The second-order valence-electron chi connectivity index (χ2n) is 7.65. The van der Waals surface area contributed by atoms with Crippen LogP contribution in [0.4, 0.5) is 5.69 Å². The predicted octanol–water partition coefficient (Wildman–Crippen LogP) is 3.64. The van der Waals surface area contributed by atoms with Gasteiger partial charge < -0.3 is 10.2 Å². The van der Waals surface area contributed by atoms with Crippen molar-refractivity contribution in [3.05, 3.63) is 72.6 Å². The Morgan fingerprint density at radius 1 is 1.00 bits per heavy atom. The quantitative estimate of drug-likeness (QED) is 0.719. The fraction of sp³-hybridized carbons (Fsp3) is 0.304. The van der Waals surface area contributed by atoms with Crippen LogP contribution in [0.25, 0.3) is 11.1 Å². The Kier molecular flexibility index (Phi) is 5.43. The molecule has 1 saturated heterocycles. The maximum absolute atomic E-state index is 13.8. The SMILES string of the molecule is Cl.O=C(N1CCc2cc(-c3ccccc3)ccc21)C1(n2cccn2)CCNCC1. The van der Waals surface area contributed by atoms with Crippen LogP contribution in [-0.2, 0) is 16.8 Å². The molecular weight excluding hydrogens is 384 g/mol. The van der Waals surface area contributed by atoms with Crippen molar-refractivity contribution in [3.8, 4) is 11.1 Å². The topological polar surface area (TPSA) is 50.2 Å². The van der Waals surface area contributed by atoms with E-state index in [4.69, 9.17) is 0 Å². The molecule has 5 rings (SSSR count). The molecule has 5 nitrogen and oxygen atoms in total. The largest absolute Gasteiger partial charge is 0.317 e. The molecule has 0 aliphatic carbocycles. The van der Waals surface area contributed by atoms with Crippen LogP contribution in [0.15, 0.2) is 67.0 Å². The highest BCUT2D eigenvalue weighted by molar-refractivity contribution is 6.01. The van der Waals surface area contributed by atoms with Crippen LogP contribution < -0.4 is 10.2 Å². The third-order valence-corrected chi connectivity index (χ3v) is 6.10. The molecule has 2 aromatic carbocycles. The first kappa shape index (κ1) is 19.7. The van der Waals surface area contributed by atoms with Crippen molar-refractivity contribution in [1.82, 2.24) is 15.1 Å². The minimum absolute atomic E-state index is 0. The van der Waals surface area contributed by atoms with E-state index in [0.29, 0.717) is 0 Å². The number of hydrogen-bond acceptors (Lipinski definition) is 3. The lowest BCUT2D eigenvalue weighted by Gasteiger charge is -2.39. The van der Waals surface area contributed by atoms with Gasteiger partial charge in [-0.15, -0.1) is 12.4 Å². The third kappa shape index (κ3) is 3.34. The van der Waals surface area contributed by atoms with Gasteiger partial charge >= 0.3 is 0 Å². The van der Waals surface area contributed by atoms with Gasteiger partial charge in [-0.05, 0) is 67.2 Å². The second kappa shape index (κ2) is 8.01. The van der Waals surface area contributed by atoms with Crippen LogP contribution in [0.3, 0.4) is 0 Å². The summed E-state index contributed by atoms with van der Waals surface area (Å²) in [6, 6.07) is 18.8. The summed E-state index contributed by atoms with van der Waals surface area (Å²) in [6.07, 6.45) is 6.12. The summed E-state index contributed by atoms with van der Waals surface area (Å²) in [7, 11) is 0. The van der Waals surface area contributed by atoms with Crippen LogP contribution in [-0.4, -0.2) is 35.3 Å². The van der Waals surface area contributed by atoms with Crippen molar-refractivity contribution in [3.63, 3.8) is 0 Å². The standard InChI is InChI=1S/C23H24N4O.ClH/c28-22(23(10-13-24-14-11-23)27-15-4-12-25-27)26-16-9-20-17-19(7-8-21(20)26)18-5-2-1-3-6-18;/h1-8,12,15,17,24H,9-11,13-14,16H2;1H. The molecule has 0 unspecified atom stereocenters. The fourth-order valence-electron chi connectivity index (χ4n) is 4.58. The van der Waals surface area contributed by atoms with Gasteiger partial charge in [0, 0.05) is 24.6 Å². The molecule has 1 amide bonds. The van der Waals surface area contributed by atoms with Crippen LogP contribution >= 0.6 is 12.4 Å². The third-order valence-electron chi connectivity index (χ3n) is 6.10. The maximum Gasteiger partial charge on any atom is 0.255 e. The highest BCUT2D eigenvalue weighted by Crippen LogP contribution is 2.37. The van der Waals surface area contributed by atoms with Gasteiger partial charge in [0.25, 0.3) is 5.91 Å².